The number of hydrogen-bond donors (Lipinski definition) is 1. The third-order valence-corrected chi connectivity index (χ3v) is 10.2. The number of fused-ring (bicyclic) bond motifs is 4. The maximum atomic E-state index is 13.8. The number of aromatic nitrogens is 3. The summed E-state index contributed by atoms with van der Waals surface area (Å²) in [5, 5.41) is 8.89. The summed E-state index contributed by atoms with van der Waals surface area (Å²) in [6, 6.07) is 11.4. The molecule has 0 amide bonds. The Morgan fingerprint density at radius 3 is 2.21 bits per heavy atom. The lowest BCUT2D eigenvalue weighted by Gasteiger charge is -2.54. The predicted octanol–water partition coefficient (Wildman–Crippen LogP) is 4.62. The van der Waals surface area contributed by atoms with Crippen LogP contribution in [0.1, 0.15) is 23.9 Å². The fraction of sp³-hybridized carbons (Fsp3) is 0.231. The molecule has 3 aromatic rings. The molecule has 2 aliphatic carbocycles. The van der Waals surface area contributed by atoms with Crippen molar-refractivity contribution in [2.75, 3.05) is 0 Å². The number of nitrogens with zero attached hydrogens (tertiary/aromatic N) is 3. The van der Waals surface area contributed by atoms with E-state index in [0.29, 0.717) is 11.3 Å². The van der Waals surface area contributed by atoms with Gasteiger partial charge in [0.1, 0.15) is 25.6 Å². The quantitative estimate of drug-likeness (QED) is 0.330. The summed E-state index contributed by atoms with van der Waals surface area (Å²) in [5.41, 5.74) is -0.218. The van der Waals surface area contributed by atoms with Crippen molar-refractivity contribution >= 4 is 69.6 Å². The summed E-state index contributed by atoms with van der Waals surface area (Å²) in [4.78, 5) is 50.2. The molecular formula is C26H16Cl5N3O5. The molecule has 6 rings (SSSR count). The molecule has 1 fully saturated rings. The van der Waals surface area contributed by atoms with Crippen molar-refractivity contribution in [1.29, 1.82) is 0 Å². The Hall–Kier alpha value is -2.75. The van der Waals surface area contributed by atoms with Gasteiger partial charge < -0.3 is 5.11 Å². The number of halogens is 5. The first-order valence-electron chi connectivity index (χ1n) is 11.6. The molecule has 0 unspecified atom stereocenters. The molecule has 0 saturated heterocycles. The lowest BCUT2D eigenvalue weighted by atomic mass is 9.59. The van der Waals surface area contributed by atoms with Gasteiger partial charge in [-0.15, -0.1) is 23.2 Å². The maximum Gasteiger partial charge on any atom is 0.352 e. The van der Waals surface area contributed by atoms with Gasteiger partial charge in [-0.1, -0.05) is 65.1 Å². The first-order valence-corrected chi connectivity index (χ1v) is 13.5. The Balaban J connectivity index is 1.66. The Morgan fingerprint density at radius 1 is 0.872 bits per heavy atom. The van der Waals surface area contributed by atoms with Crippen LogP contribution >= 0.6 is 58.0 Å². The number of ketones is 2. The van der Waals surface area contributed by atoms with Crippen LogP contribution in [-0.4, -0.2) is 40.4 Å². The minimum absolute atomic E-state index is 0.0368. The SMILES string of the molecule is O=C1C(Cl)=C(Cl)C(=O)[C@@]2(Cl)[C@@H](c3ccc(O)cc3Cl)C3=CCn4c(=O)n(-c5ccccc5)c(=O)n4[C@@H]3C[C@@]12Cl. The van der Waals surface area contributed by atoms with Gasteiger partial charge in [-0.2, -0.15) is 0 Å². The highest BCUT2D eigenvalue weighted by molar-refractivity contribution is 6.66. The molecule has 200 valence electrons. The summed E-state index contributed by atoms with van der Waals surface area (Å²) in [6.07, 6.45) is 1.32. The van der Waals surface area contributed by atoms with E-state index in [-0.39, 0.29) is 29.3 Å². The standard InChI is InChI=1S/C26H16Cl5N3O5/c27-16-10-13(35)6-7-14(16)18-15-8-9-32-23(38)33(12-4-2-1-3-5-12)24(39)34(32)17(15)11-25(30)21(36)19(28)20(29)22(37)26(18,25)31/h1-8,10,17-18,35H,9,11H2/t17-,18+,25-,26+/m1/s1. The summed E-state index contributed by atoms with van der Waals surface area (Å²) in [7, 11) is 0. The zero-order valence-electron chi connectivity index (χ0n) is 19.6. The molecule has 1 N–H and O–H groups in total. The Bertz CT molecular complexity index is 1790. The van der Waals surface area contributed by atoms with E-state index >= 15 is 0 Å². The Labute approximate surface area is 245 Å². The van der Waals surface area contributed by atoms with Gasteiger partial charge in [0, 0.05) is 17.4 Å². The number of para-hydroxylation sites is 1. The summed E-state index contributed by atoms with van der Waals surface area (Å²) >= 11 is 33.1. The lowest BCUT2D eigenvalue weighted by Crippen LogP contribution is -2.67. The van der Waals surface area contributed by atoms with Gasteiger partial charge in [-0.3, -0.25) is 9.59 Å². The number of hydrogen-bond acceptors (Lipinski definition) is 5. The Morgan fingerprint density at radius 2 is 1.54 bits per heavy atom. The highest BCUT2D eigenvalue weighted by atomic mass is 35.5. The second-order valence-electron chi connectivity index (χ2n) is 9.52. The van der Waals surface area contributed by atoms with Gasteiger partial charge >= 0.3 is 11.4 Å². The molecule has 0 spiro atoms. The van der Waals surface area contributed by atoms with Crippen molar-refractivity contribution < 1.29 is 14.7 Å². The van der Waals surface area contributed by atoms with Crippen LogP contribution in [0.2, 0.25) is 5.02 Å². The first-order chi connectivity index (χ1) is 18.4. The summed E-state index contributed by atoms with van der Waals surface area (Å²) in [5.74, 6) is -3.10. The minimum Gasteiger partial charge on any atom is -0.508 e. The van der Waals surface area contributed by atoms with E-state index in [1.54, 1.807) is 36.4 Å². The maximum absolute atomic E-state index is 13.8. The minimum atomic E-state index is -2.20. The zero-order chi connectivity index (χ0) is 28.0. The van der Waals surface area contributed by atoms with E-state index in [9.17, 15) is 24.3 Å². The highest BCUT2D eigenvalue weighted by Gasteiger charge is 2.71. The summed E-state index contributed by atoms with van der Waals surface area (Å²) in [6.45, 7) is -0.0410. The third-order valence-electron chi connectivity index (χ3n) is 7.61. The predicted molar refractivity (Wildman–Crippen MR) is 148 cm³/mol. The lowest BCUT2D eigenvalue weighted by molar-refractivity contribution is -0.128. The molecule has 13 heteroatoms. The van der Waals surface area contributed by atoms with Crippen molar-refractivity contribution in [2.45, 2.75) is 34.7 Å². The average molecular weight is 628 g/mol. The van der Waals surface area contributed by atoms with Gasteiger partial charge in [0.2, 0.25) is 0 Å². The molecule has 1 aromatic heterocycles. The number of allylic oxidation sites excluding steroid dienone is 4. The van der Waals surface area contributed by atoms with E-state index in [4.69, 9.17) is 58.0 Å². The third kappa shape index (κ3) is 3.39. The van der Waals surface area contributed by atoms with Crippen LogP contribution in [0.25, 0.3) is 5.69 Å². The number of benzene rings is 2. The van der Waals surface area contributed by atoms with Gasteiger partial charge in [0.15, 0.2) is 11.6 Å². The first kappa shape index (κ1) is 26.5. The van der Waals surface area contributed by atoms with Crippen molar-refractivity contribution in [3.63, 3.8) is 0 Å². The van der Waals surface area contributed by atoms with Crippen LogP contribution in [0, 0.1) is 0 Å². The van der Waals surface area contributed by atoms with E-state index in [1.165, 1.54) is 27.6 Å². The molecule has 1 saturated carbocycles. The number of carbonyl (C=O) groups excluding carboxylic acids is 2. The van der Waals surface area contributed by atoms with Crippen molar-refractivity contribution in [2.24, 2.45) is 0 Å². The van der Waals surface area contributed by atoms with Crippen LogP contribution in [0.3, 0.4) is 0 Å². The Kier molecular flexibility index (Phi) is 6.03. The van der Waals surface area contributed by atoms with Crippen molar-refractivity contribution in [3.8, 4) is 11.4 Å². The molecule has 8 nitrogen and oxygen atoms in total. The van der Waals surface area contributed by atoms with E-state index in [1.807, 2.05) is 0 Å². The second kappa shape index (κ2) is 8.88. The molecule has 0 bridgehead atoms. The topological polar surface area (TPSA) is 103 Å². The number of carbonyl (C=O) groups is 2. The fourth-order valence-corrected chi connectivity index (χ4v) is 7.66. The highest BCUT2D eigenvalue weighted by Crippen LogP contribution is 2.64. The fourth-order valence-electron chi connectivity index (χ4n) is 5.86. The van der Waals surface area contributed by atoms with Gasteiger partial charge in [0.25, 0.3) is 0 Å². The van der Waals surface area contributed by atoms with Crippen LogP contribution in [0.4, 0.5) is 0 Å². The van der Waals surface area contributed by atoms with Gasteiger partial charge in [-0.25, -0.2) is 23.5 Å². The molecule has 2 aromatic carbocycles. The average Bonchev–Trinajstić information content (AvgIpc) is 3.17. The molecule has 39 heavy (non-hydrogen) atoms. The normalized spacial score (nSPS) is 28.1. The van der Waals surface area contributed by atoms with Gasteiger partial charge in [-0.05, 0) is 35.4 Å². The number of phenolic OH excluding ortho intramolecular Hbond substituents is 1. The summed E-state index contributed by atoms with van der Waals surface area (Å²) < 4.78 is 3.47. The molecule has 0 radical (unpaired) electrons. The second-order valence-corrected chi connectivity index (χ2v) is 11.9. The molecule has 3 aliphatic rings. The van der Waals surface area contributed by atoms with E-state index < -0.39 is 54.7 Å². The number of Topliss-reactive ketones (excluding diaryl/α,β-unsaturated/α-hetero) is 2. The molecule has 2 heterocycles. The number of aromatic hydroxyl groups is 1. The zero-order valence-corrected chi connectivity index (χ0v) is 23.4. The van der Waals surface area contributed by atoms with Crippen LogP contribution in [0.5, 0.6) is 5.75 Å². The largest absolute Gasteiger partial charge is 0.508 e. The van der Waals surface area contributed by atoms with Crippen LogP contribution in [-0.2, 0) is 16.1 Å². The van der Waals surface area contributed by atoms with Gasteiger partial charge in [0.05, 0.1) is 18.3 Å². The molecule has 4 atom stereocenters. The van der Waals surface area contributed by atoms with Crippen molar-refractivity contribution in [1.82, 2.24) is 13.9 Å². The molecule has 1 aliphatic heterocycles. The smallest absolute Gasteiger partial charge is 0.352 e. The number of phenols is 1. The number of rotatable bonds is 2. The van der Waals surface area contributed by atoms with E-state index in [0.717, 1.165) is 4.57 Å². The van der Waals surface area contributed by atoms with Crippen LogP contribution in [0.15, 0.2) is 79.8 Å². The molecular weight excluding hydrogens is 612 g/mol. The number of alkyl halides is 2. The van der Waals surface area contributed by atoms with E-state index in [2.05, 4.69) is 0 Å². The van der Waals surface area contributed by atoms with Crippen molar-refractivity contribution in [3.05, 3.63) is 102 Å². The monoisotopic (exact) mass is 625 g/mol. The van der Waals surface area contributed by atoms with Crippen LogP contribution < -0.4 is 11.4 Å².